The normalized spacial score (nSPS) is 47.1. The fourth-order valence-corrected chi connectivity index (χ4v) is 4.51. The Morgan fingerprint density at radius 2 is 2.00 bits per heavy atom. The van der Waals surface area contributed by atoms with Crippen LogP contribution in [0.4, 0.5) is 0 Å². The number of likely N-dealkylation sites (tertiary alicyclic amines) is 1. The molecule has 0 aliphatic carbocycles. The molecule has 0 aromatic heterocycles. The van der Waals surface area contributed by atoms with Crippen LogP contribution >= 0.6 is 0 Å². The zero-order valence-corrected chi connectivity index (χ0v) is 11.5. The summed E-state index contributed by atoms with van der Waals surface area (Å²) in [6, 6.07) is 2.29. The van der Waals surface area contributed by atoms with Crippen molar-refractivity contribution in [3.8, 4) is 0 Å². The topological polar surface area (TPSA) is 18.5 Å². The molecule has 3 nitrogen and oxygen atoms in total. The van der Waals surface area contributed by atoms with E-state index >= 15 is 0 Å². The van der Waals surface area contributed by atoms with Crippen molar-refractivity contribution in [2.75, 3.05) is 33.7 Å². The molecule has 3 heteroatoms. The minimum atomic E-state index is 0.642. The molecule has 17 heavy (non-hydrogen) atoms. The standard InChI is InChI=1S/C14H27N3/c1-10(15-2)8-13-14-12(9-16(13)3)11-4-6-17(14)7-5-11/h10-15H,4-9H2,1-3H3. The van der Waals surface area contributed by atoms with Gasteiger partial charge in [-0.15, -0.1) is 0 Å². The lowest BCUT2D eigenvalue weighted by Crippen LogP contribution is -2.57. The zero-order chi connectivity index (χ0) is 12.0. The SMILES string of the molecule is CNC(C)CC1C2C(CN1C)C1CCN2CC1. The molecule has 4 aliphatic heterocycles. The highest BCUT2D eigenvalue weighted by Gasteiger charge is 2.51. The predicted molar refractivity (Wildman–Crippen MR) is 71.1 cm³/mol. The molecule has 4 unspecified atom stereocenters. The maximum absolute atomic E-state index is 3.41. The third-order valence-electron chi connectivity index (χ3n) is 5.59. The molecule has 4 rings (SSSR count). The molecular weight excluding hydrogens is 210 g/mol. The van der Waals surface area contributed by atoms with Crippen molar-refractivity contribution < 1.29 is 0 Å². The van der Waals surface area contributed by atoms with Crippen molar-refractivity contribution in [3.63, 3.8) is 0 Å². The number of nitrogens with one attached hydrogen (secondary N) is 1. The van der Waals surface area contributed by atoms with Gasteiger partial charge in [0.25, 0.3) is 0 Å². The number of likely N-dealkylation sites (N-methyl/N-ethyl adjacent to an activating group) is 1. The third kappa shape index (κ3) is 1.92. The van der Waals surface area contributed by atoms with E-state index in [0.717, 1.165) is 23.9 Å². The molecule has 2 bridgehead atoms. The van der Waals surface area contributed by atoms with Gasteiger partial charge in [0.1, 0.15) is 0 Å². The summed E-state index contributed by atoms with van der Waals surface area (Å²) in [5.74, 6) is 2.00. The molecule has 0 saturated carbocycles. The molecule has 0 radical (unpaired) electrons. The van der Waals surface area contributed by atoms with E-state index in [9.17, 15) is 0 Å². The van der Waals surface area contributed by atoms with Crippen molar-refractivity contribution in [2.24, 2.45) is 11.8 Å². The van der Waals surface area contributed by atoms with E-state index in [4.69, 9.17) is 0 Å². The summed E-state index contributed by atoms with van der Waals surface area (Å²) in [5.41, 5.74) is 0. The number of rotatable bonds is 3. The van der Waals surface area contributed by atoms with Crippen LogP contribution in [0.25, 0.3) is 0 Å². The van der Waals surface area contributed by atoms with Crippen LogP contribution in [0.1, 0.15) is 26.2 Å². The second kappa shape index (κ2) is 4.52. The van der Waals surface area contributed by atoms with Crippen LogP contribution in [0.5, 0.6) is 0 Å². The summed E-state index contributed by atoms with van der Waals surface area (Å²) in [6.07, 6.45) is 4.23. The van der Waals surface area contributed by atoms with Crippen LogP contribution in [-0.4, -0.2) is 61.7 Å². The molecule has 98 valence electrons. The molecule has 0 amide bonds. The summed E-state index contributed by atoms with van der Waals surface area (Å²) in [7, 11) is 4.43. The number of piperidine rings is 3. The number of hydrogen-bond acceptors (Lipinski definition) is 3. The summed E-state index contributed by atoms with van der Waals surface area (Å²) < 4.78 is 0. The van der Waals surface area contributed by atoms with Gasteiger partial charge in [0.15, 0.2) is 0 Å². The lowest BCUT2D eigenvalue weighted by molar-refractivity contribution is 0.00177. The van der Waals surface area contributed by atoms with E-state index < -0.39 is 0 Å². The zero-order valence-electron chi connectivity index (χ0n) is 11.5. The second-order valence-corrected chi connectivity index (χ2v) is 6.46. The number of nitrogens with zero attached hydrogens (tertiary/aromatic N) is 2. The van der Waals surface area contributed by atoms with E-state index in [1.54, 1.807) is 0 Å². The van der Waals surface area contributed by atoms with Gasteiger partial charge in [-0.3, -0.25) is 4.90 Å². The highest BCUT2D eigenvalue weighted by atomic mass is 15.3. The molecule has 4 heterocycles. The molecule has 4 aliphatic rings. The first-order chi connectivity index (χ1) is 8.20. The smallest absolute Gasteiger partial charge is 0.0295 e. The van der Waals surface area contributed by atoms with Crippen molar-refractivity contribution >= 4 is 0 Å². The van der Waals surface area contributed by atoms with Crippen LogP contribution < -0.4 is 5.32 Å². The van der Waals surface area contributed by atoms with Crippen molar-refractivity contribution in [1.82, 2.24) is 15.1 Å². The molecule has 4 atom stereocenters. The number of hydrogen-bond donors (Lipinski definition) is 1. The largest absolute Gasteiger partial charge is 0.317 e. The molecule has 4 saturated heterocycles. The highest BCUT2D eigenvalue weighted by molar-refractivity contribution is 5.06. The van der Waals surface area contributed by atoms with Crippen LogP contribution in [0, 0.1) is 11.8 Å². The highest BCUT2D eigenvalue weighted by Crippen LogP contribution is 2.44. The first-order valence-corrected chi connectivity index (χ1v) is 7.32. The number of fused-ring (bicyclic) bond motifs is 2. The third-order valence-corrected chi connectivity index (χ3v) is 5.59. The Labute approximate surface area is 106 Å². The quantitative estimate of drug-likeness (QED) is 0.790. The lowest BCUT2D eigenvalue weighted by Gasteiger charge is -2.49. The van der Waals surface area contributed by atoms with Gasteiger partial charge < -0.3 is 10.2 Å². The first-order valence-electron chi connectivity index (χ1n) is 7.32. The van der Waals surface area contributed by atoms with Crippen LogP contribution in [0.2, 0.25) is 0 Å². The predicted octanol–water partition coefficient (Wildman–Crippen LogP) is 1.01. The minimum Gasteiger partial charge on any atom is -0.317 e. The Bertz CT molecular complexity index is 273. The van der Waals surface area contributed by atoms with Gasteiger partial charge in [-0.1, -0.05) is 0 Å². The average Bonchev–Trinajstić information content (AvgIpc) is 2.70. The Kier molecular flexibility index (Phi) is 3.18. The van der Waals surface area contributed by atoms with E-state index in [0.29, 0.717) is 6.04 Å². The molecule has 0 aromatic rings. The van der Waals surface area contributed by atoms with Crippen LogP contribution in [-0.2, 0) is 0 Å². The van der Waals surface area contributed by atoms with E-state index in [-0.39, 0.29) is 0 Å². The van der Waals surface area contributed by atoms with Gasteiger partial charge in [0, 0.05) is 24.7 Å². The second-order valence-electron chi connectivity index (χ2n) is 6.46. The maximum Gasteiger partial charge on any atom is 0.0295 e. The lowest BCUT2D eigenvalue weighted by atomic mass is 9.73. The van der Waals surface area contributed by atoms with Crippen molar-refractivity contribution in [1.29, 1.82) is 0 Å². The van der Waals surface area contributed by atoms with Crippen LogP contribution in [0.3, 0.4) is 0 Å². The first kappa shape index (κ1) is 11.9. The minimum absolute atomic E-state index is 0.642. The van der Waals surface area contributed by atoms with Crippen LogP contribution in [0.15, 0.2) is 0 Å². The van der Waals surface area contributed by atoms with Crippen molar-refractivity contribution in [3.05, 3.63) is 0 Å². The summed E-state index contributed by atoms with van der Waals surface area (Å²) >= 11 is 0. The van der Waals surface area contributed by atoms with Gasteiger partial charge in [-0.05, 0) is 65.2 Å². The summed E-state index contributed by atoms with van der Waals surface area (Å²) in [5, 5.41) is 3.41. The van der Waals surface area contributed by atoms with E-state index in [1.165, 1.54) is 38.9 Å². The Balaban J connectivity index is 1.76. The molecule has 4 fully saturated rings. The summed E-state index contributed by atoms with van der Waals surface area (Å²) in [4.78, 5) is 5.43. The summed E-state index contributed by atoms with van der Waals surface area (Å²) in [6.45, 7) is 6.39. The molecule has 1 N–H and O–H groups in total. The van der Waals surface area contributed by atoms with Gasteiger partial charge >= 0.3 is 0 Å². The van der Waals surface area contributed by atoms with E-state index in [1.807, 2.05) is 0 Å². The monoisotopic (exact) mass is 237 g/mol. The Morgan fingerprint density at radius 1 is 1.29 bits per heavy atom. The fraction of sp³-hybridized carbons (Fsp3) is 1.00. The Morgan fingerprint density at radius 3 is 2.65 bits per heavy atom. The molecule has 0 spiro atoms. The molecular formula is C14H27N3. The van der Waals surface area contributed by atoms with Crippen molar-refractivity contribution in [2.45, 2.75) is 44.3 Å². The van der Waals surface area contributed by atoms with E-state index in [2.05, 4.69) is 36.1 Å². The fourth-order valence-electron chi connectivity index (χ4n) is 4.51. The average molecular weight is 237 g/mol. The van der Waals surface area contributed by atoms with Gasteiger partial charge in [-0.25, -0.2) is 0 Å². The van der Waals surface area contributed by atoms with Gasteiger partial charge in [0.05, 0.1) is 0 Å². The van der Waals surface area contributed by atoms with Gasteiger partial charge in [-0.2, -0.15) is 0 Å². The Hall–Kier alpha value is -0.120. The molecule has 0 aromatic carbocycles. The van der Waals surface area contributed by atoms with Gasteiger partial charge in [0.2, 0.25) is 0 Å². The maximum atomic E-state index is 3.41.